The SMILES string of the molecule is Cc1cccc(C2/C(=C(\O)c3ccc(F)c(C)c3)C(=O)C(=O)N2c2cc(Cl)cc(Cl)c2)c1. The number of anilines is 1. The van der Waals surface area contributed by atoms with Crippen LogP contribution in [0.3, 0.4) is 0 Å². The number of Topliss-reactive ketones (excluding diaryl/α,β-unsaturated/α-hetero) is 1. The van der Waals surface area contributed by atoms with E-state index in [9.17, 15) is 19.1 Å². The average Bonchev–Trinajstić information content (AvgIpc) is 3.00. The van der Waals surface area contributed by atoms with Gasteiger partial charge in [0.1, 0.15) is 11.6 Å². The molecule has 32 heavy (non-hydrogen) atoms. The van der Waals surface area contributed by atoms with Crippen LogP contribution in [-0.4, -0.2) is 16.8 Å². The van der Waals surface area contributed by atoms with Crippen LogP contribution in [0, 0.1) is 19.7 Å². The van der Waals surface area contributed by atoms with E-state index < -0.39 is 23.5 Å². The zero-order valence-corrected chi connectivity index (χ0v) is 18.7. The number of hydrogen-bond donors (Lipinski definition) is 1. The third-order valence-electron chi connectivity index (χ3n) is 5.36. The van der Waals surface area contributed by atoms with Gasteiger partial charge in [0.25, 0.3) is 11.7 Å². The van der Waals surface area contributed by atoms with Gasteiger partial charge in [0.05, 0.1) is 11.6 Å². The van der Waals surface area contributed by atoms with Crippen molar-refractivity contribution in [1.82, 2.24) is 0 Å². The molecule has 1 aliphatic heterocycles. The van der Waals surface area contributed by atoms with Crippen LogP contribution >= 0.6 is 23.2 Å². The lowest BCUT2D eigenvalue weighted by Gasteiger charge is -2.26. The van der Waals surface area contributed by atoms with Gasteiger partial charge < -0.3 is 5.11 Å². The number of nitrogens with zero attached hydrogens (tertiary/aromatic N) is 1. The van der Waals surface area contributed by atoms with Crippen LogP contribution < -0.4 is 4.90 Å². The average molecular weight is 470 g/mol. The van der Waals surface area contributed by atoms with Crippen molar-refractivity contribution in [2.24, 2.45) is 0 Å². The van der Waals surface area contributed by atoms with E-state index in [-0.39, 0.29) is 16.9 Å². The highest BCUT2D eigenvalue weighted by Gasteiger charge is 2.47. The Morgan fingerprint density at radius 1 is 0.969 bits per heavy atom. The normalized spacial score (nSPS) is 17.8. The fraction of sp³-hybridized carbons (Fsp3) is 0.120. The summed E-state index contributed by atoms with van der Waals surface area (Å²) >= 11 is 12.3. The maximum absolute atomic E-state index is 13.8. The third kappa shape index (κ3) is 3.90. The number of carbonyl (C=O) groups is 2. The van der Waals surface area contributed by atoms with Gasteiger partial charge in [-0.15, -0.1) is 0 Å². The van der Waals surface area contributed by atoms with Crippen molar-refractivity contribution in [1.29, 1.82) is 0 Å². The van der Waals surface area contributed by atoms with Gasteiger partial charge in [0, 0.05) is 21.3 Å². The van der Waals surface area contributed by atoms with E-state index >= 15 is 0 Å². The van der Waals surface area contributed by atoms with Gasteiger partial charge in [0.2, 0.25) is 0 Å². The predicted molar refractivity (Wildman–Crippen MR) is 124 cm³/mol. The lowest BCUT2D eigenvalue weighted by Crippen LogP contribution is -2.29. The highest BCUT2D eigenvalue weighted by Crippen LogP contribution is 2.43. The summed E-state index contributed by atoms with van der Waals surface area (Å²) in [6.07, 6.45) is 0. The summed E-state index contributed by atoms with van der Waals surface area (Å²) in [5.74, 6) is -2.50. The minimum Gasteiger partial charge on any atom is -0.507 e. The molecule has 4 rings (SSSR count). The summed E-state index contributed by atoms with van der Waals surface area (Å²) in [7, 11) is 0. The number of aliphatic hydroxyl groups excluding tert-OH is 1. The number of hydrogen-bond acceptors (Lipinski definition) is 3. The van der Waals surface area contributed by atoms with Crippen molar-refractivity contribution in [3.63, 3.8) is 0 Å². The van der Waals surface area contributed by atoms with Gasteiger partial charge in [-0.1, -0.05) is 53.0 Å². The molecule has 1 amide bonds. The van der Waals surface area contributed by atoms with Crippen molar-refractivity contribution < 1.29 is 19.1 Å². The lowest BCUT2D eigenvalue weighted by molar-refractivity contribution is -0.132. The molecule has 1 fully saturated rings. The minimum atomic E-state index is -0.921. The second-order valence-electron chi connectivity index (χ2n) is 7.67. The Balaban J connectivity index is 1.99. The summed E-state index contributed by atoms with van der Waals surface area (Å²) in [6.45, 7) is 3.44. The molecular formula is C25H18Cl2FNO3. The summed E-state index contributed by atoms with van der Waals surface area (Å²) in [6, 6.07) is 15.0. The highest BCUT2D eigenvalue weighted by molar-refractivity contribution is 6.52. The summed E-state index contributed by atoms with van der Waals surface area (Å²) in [5, 5.41) is 11.7. The first kappa shape index (κ1) is 22.1. The maximum atomic E-state index is 13.8. The summed E-state index contributed by atoms with van der Waals surface area (Å²) in [4.78, 5) is 27.6. The molecule has 0 aromatic heterocycles. The molecule has 1 N–H and O–H groups in total. The highest BCUT2D eigenvalue weighted by atomic mass is 35.5. The molecule has 0 bridgehead atoms. The number of ketones is 1. The monoisotopic (exact) mass is 469 g/mol. The van der Waals surface area contributed by atoms with Gasteiger partial charge in [0.15, 0.2) is 0 Å². The number of aryl methyl sites for hydroxylation is 2. The number of amides is 1. The fourth-order valence-corrected chi connectivity index (χ4v) is 4.39. The topological polar surface area (TPSA) is 57.6 Å². The van der Waals surface area contributed by atoms with Crippen molar-refractivity contribution in [2.75, 3.05) is 4.90 Å². The molecule has 0 radical (unpaired) electrons. The Bertz CT molecular complexity index is 1280. The molecule has 0 aliphatic carbocycles. The molecule has 1 atom stereocenters. The van der Waals surface area contributed by atoms with Gasteiger partial charge in [-0.2, -0.15) is 0 Å². The maximum Gasteiger partial charge on any atom is 0.300 e. The second-order valence-corrected chi connectivity index (χ2v) is 8.55. The van der Waals surface area contributed by atoms with Crippen LogP contribution in [0.15, 0.2) is 66.2 Å². The molecule has 162 valence electrons. The molecule has 4 nitrogen and oxygen atoms in total. The van der Waals surface area contributed by atoms with E-state index in [1.54, 1.807) is 19.1 Å². The van der Waals surface area contributed by atoms with Crippen molar-refractivity contribution in [2.45, 2.75) is 19.9 Å². The molecule has 3 aromatic carbocycles. The van der Waals surface area contributed by atoms with Crippen molar-refractivity contribution >= 4 is 46.3 Å². The first-order valence-corrected chi connectivity index (χ1v) is 10.5. The van der Waals surface area contributed by atoms with E-state index in [0.29, 0.717) is 26.9 Å². The van der Waals surface area contributed by atoms with E-state index in [1.807, 2.05) is 19.1 Å². The largest absolute Gasteiger partial charge is 0.507 e. The molecule has 0 spiro atoms. The second kappa shape index (κ2) is 8.41. The van der Waals surface area contributed by atoms with Crippen LogP contribution in [0.4, 0.5) is 10.1 Å². The van der Waals surface area contributed by atoms with Gasteiger partial charge >= 0.3 is 0 Å². The Labute approximate surface area is 194 Å². The molecule has 3 aromatic rings. The van der Waals surface area contributed by atoms with Crippen LogP contribution in [-0.2, 0) is 9.59 Å². The standard InChI is InChI=1S/C25H18Cl2FNO3/c1-13-4-3-5-15(8-13)22-21(23(30)16-6-7-20(28)14(2)9-16)24(31)25(32)29(22)19-11-17(26)10-18(27)12-19/h3-12,22,30H,1-2H3/b23-21+. The van der Waals surface area contributed by atoms with Gasteiger partial charge in [-0.3, -0.25) is 14.5 Å². The van der Waals surface area contributed by atoms with Gasteiger partial charge in [-0.05, 0) is 61.4 Å². The van der Waals surface area contributed by atoms with Crippen LogP contribution in [0.25, 0.3) is 5.76 Å². The van der Waals surface area contributed by atoms with Crippen LogP contribution in [0.2, 0.25) is 10.0 Å². The Hall–Kier alpha value is -3.15. The lowest BCUT2D eigenvalue weighted by atomic mass is 9.94. The smallest absolute Gasteiger partial charge is 0.300 e. The molecule has 1 unspecified atom stereocenters. The van der Waals surface area contributed by atoms with E-state index in [1.165, 1.54) is 41.3 Å². The van der Waals surface area contributed by atoms with E-state index in [2.05, 4.69) is 0 Å². The van der Waals surface area contributed by atoms with E-state index in [4.69, 9.17) is 23.2 Å². The van der Waals surface area contributed by atoms with Crippen molar-refractivity contribution in [3.05, 3.63) is 104 Å². The van der Waals surface area contributed by atoms with Gasteiger partial charge in [-0.25, -0.2) is 4.39 Å². The Morgan fingerprint density at radius 2 is 1.66 bits per heavy atom. The number of halogens is 3. The first-order chi connectivity index (χ1) is 15.2. The first-order valence-electron chi connectivity index (χ1n) is 9.77. The number of benzene rings is 3. The van der Waals surface area contributed by atoms with E-state index in [0.717, 1.165) is 5.56 Å². The Morgan fingerprint density at radius 3 is 2.28 bits per heavy atom. The molecule has 7 heteroatoms. The van der Waals surface area contributed by atoms with Crippen molar-refractivity contribution in [3.8, 4) is 0 Å². The molecule has 1 saturated heterocycles. The molecule has 0 saturated carbocycles. The van der Waals surface area contributed by atoms with Crippen LogP contribution in [0.5, 0.6) is 0 Å². The third-order valence-corrected chi connectivity index (χ3v) is 5.80. The van der Waals surface area contributed by atoms with Crippen LogP contribution in [0.1, 0.15) is 28.3 Å². The predicted octanol–water partition coefficient (Wildman–Crippen LogP) is 6.38. The molecule has 1 heterocycles. The zero-order chi connectivity index (χ0) is 23.2. The Kier molecular flexibility index (Phi) is 5.80. The zero-order valence-electron chi connectivity index (χ0n) is 17.2. The fourth-order valence-electron chi connectivity index (χ4n) is 3.88. The quantitative estimate of drug-likeness (QED) is 0.275. The molecule has 1 aliphatic rings. The number of aliphatic hydroxyl groups is 1. The summed E-state index contributed by atoms with van der Waals surface area (Å²) < 4.78 is 13.8. The number of rotatable bonds is 3. The number of carbonyl (C=O) groups excluding carboxylic acids is 2. The summed E-state index contributed by atoms with van der Waals surface area (Å²) in [5.41, 5.74) is 2.31. The minimum absolute atomic E-state index is 0.0947. The molecular weight excluding hydrogens is 452 g/mol.